The molecule has 1 N–H and O–H groups in total. The van der Waals surface area contributed by atoms with E-state index in [-0.39, 0.29) is 11.3 Å². The predicted molar refractivity (Wildman–Crippen MR) is 62.0 cm³/mol. The normalized spacial score (nSPS) is 11.6. The Balaban J connectivity index is 3.44. The van der Waals surface area contributed by atoms with Gasteiger partial charge in [0.15, 0.2) is 5.78 Å². The van der Waals surface area contributed by atoms with Crippen molar-refractivity contribution in [2.45, 2.75) is 13.8 Å². The fraction of sp³-hybridized carbons (Fsp3) is 0.167. The largest absolute Gasteiger partial charge is 0.506 e. The molecule has 3 nitrogen and oxygen atoms in total. The topological polar surface area (TPSA) is 61.1 Å². The van der Waals surface area contributed by atoms with E-state index >= 15 is 0 Å². The van der Waals surface area contributed by atoms with Gasteiger partial charge in [0, 0.05) is 17.5 Å². The maximum atomic E-state index is 11.1. The van der Waals surface area contributed by atoms with E-state index in [1.807, 2.05) is 0 Å². The molecule has 0 spiro atoms. The third-order valence-electron chi connectivity index (χ3n) is 2.16. The second-order valence-corrected chi connectivity index (χ2v) is 3.79. The number of nitriles is 1. The van der Waals surface area contributed by atoms with Crippen LogP contribution in [-0.2, 0) is 4.79 Å². The summed E-state index contributed by atoms with van der Waals surface area (Å²) in [6, 6.07) is 6.59. The Bertz CT molecular complexity index is 512. The van der Waals surface area contributed by atoms with Crippen LogP contribution in [0, 0.1) is 18.3 Å². The first-order chi connectivity index (χ1) is 7.47. The molecule has 0 aromatic heterocycles. The predicted octanol–water partition coefficient (Wildman–Crippen LogP) is 3.03. The molecule has 0 unspecified atom stereocenters. The first-order valence-corrected chi connectivity index (χ1v) is 4.96. The highest BCUT2D eigenvalue weighted by atomic mass is 35.5. The molecule has 0 heterocycles. The molecule has 0 aliphatic carbocycles. The number of carbonyl (C=O) groups is 1. The SMILES string of the molecule is CC(=O)C(C#N)=C(O)c1cc(Cl)ccc1C. The molecule has 0 saturated heterocycles. The van der Waals surface area contributed by atoms with Gasteiger partial charge in [0.05, 0.1) is 0 Å². The maximum absolute atomic E-state index is 11.1. The summed E-state index contributed by atoms with van der Waals surface area (Å²) in [5.74, 6) is -0.797. The Morgan fingerprint density at radius 3 is 2.62 bits per heavy atom. The number of ketones is 1. The Morgan fingerprint density at radius 2 is 2.12 bits per heavy atom. The van der Waals surface area contributed by atoms with Crippen LogP contribution in [0.4, 0.5) is 0 Å². The summed E-state index contributed by atoms with van der Waals surface area (Å²) in [5.41, 5.74) is 0.889. The fourth-order valence-corrected chi connectivity index (χ4v) is 1.45. The highest BCUT2D eigenvalue weighted by Gasteiger charge is 2.14. The van der Waals surface area contributed by atoms with Crippen molar-refractivity contribution >= 4 is 23.1 Å². The van der Waals surface area contributed by atoms with E-state index in [0.29, 0.717) is 10.6 Å². The third-order valence-corrected chi connectivity index (χ3v) is 2.39. The summed E-state index contributed by atoms with van der Waals surface area (Å²) in [6.07, 6.45) is 0. The highest BCUT2D eigenvalue weighted by Crippen LogP contribution is 2.23. The lowest BCUT2D eigenvalue weighted by atomic mass is 10.0. The summed E-state index contributed by atoms with van der Waals surface area (Å²) in [7, 11) is 0. The van der Waals surface area contributed by atoms with Crippen molar-refractivity contribution in [2.24, 2.45) is 0 Å². The van der Waals surface area contributed by atoms with Gasteiger partial charge in [-0.2, -0.15) is 5.26 Å². The number of aliphatic hydroxyl groups is 1. The minimum absolute atomic E-state index is 0.259. The second kappa shape index (κ2) is 4.82. The number of aliphatic hydroxyl groups excluding tert-OH is 1. The average molecular weight is 236 g/mol. The van der Waals surface area contributed by atoms with E-state index in [1.165, 1.54) is 13.0 Å². The van der Waals surface area contributed by atoms with Crippen LogP contribution in [0.3, 0.4) is 0 Å². The molecule has 82 valence electrons. The Kier molecular flexibility index (Phi) is 3.70. The molecule has 0 saturated carbocycles. The van der Waals surface area contributed by atoms with Crippen LogP contribution in [-0.4, -0.2) is 10.9 Å². The molecular formula is C12H10ClNO2. The zero-order valence-corrected chi connectivity index (χ0v) is 9.67. The standard InChI is InChI=1S/C12H10ClNO2/c1-7-3-4-9(13)5-10(7)12(16)11(6-14)8(2)15/h3-5,16H,1-2H3. The summed E-state index contributed by atoms with van der Waals surface area (Å²) >= 11 is 5.79. The first kappa shape index (κ1) is 12.3. The number of rotatable bonds is 2. The van der Waals surface area contributed by atoms with Crippen molar-refractivity contribution in [1.82, 2.24) is 0 Å². The van der Waals surface area contributed by atoms with Gasteiger partial charge in [0.25, 0.3) is 0 Å². The molecule has 0 aliphatic rings. The molecule has 0 bridgehead atoms. The van der Waals surface area contributed by atoms with Crippen molar-refractivity contribution in [3.63, 3.8) is 0 Å². The quantitative estimate of drug-likeness (QED) is 0.487. The van der Waals surface area contributed by atoms with Gasteiger partial charge in [-0.25, -0.2) is 0 Å². The van der Waals surface area contributed by atoms with Crippen molar-refractivity contribution < 1.29 is 9.90 Å². The number of hydrogen-bond acceptors (Lipinski definition) is 3. The van der Waals surface area contributed by atoms with Gasteiger partial charge < -0.3 is 5.11 Å². The number of carbonyl (C=O) groups excluding carboxylic acids is 1. The number of aryl methyl sites for hydroxylation is 1. The van der Waals surface area contributed by atoms with Crippen LogP contribution in [0.15, 0.2) is 23.8 Å². The molecule has 0 amide bonds. The summed E-state index contributed by atoms with van der Waals surface area (Å²) in [4.78, 5) is 11.1. The van der Waals surface area contributed by atoms with Crippen molar-refractivity contribution in [3.8, 4) is 6.07 Å². The summed E-state index contributed by atoms with van der Waals surface area (Å²) < 4.78 is 0. The van der Waals surface area contributed by atoms with Crippen LogP contribution in [0.25, 0.3) is 5.76 Å². The van der Waals surface area contributed by atoms with Crippen LogP contribution < -0.4 is 0 Å². The smallest absolute Gasteiger partial charge is 0.174 e. The number of nitrogens with zero attached hydrogens (tertiary/aromatic N) is 1. The summed E-state index contributed by atoms with van der Waals surface area (Å²) in [6.45, 7) is 2.99. The average Bonchev–Trinajstić information content (AvgIpc) is 2.22. The molecule has 0 atom stereocenters. The number of hydrogen-bond donors (Lipinski definition) is 1. The number of allylic oxidation sites excluding steroid dienone is 1. The van der Waals surface area contributed by atoms with E-state index in [2.05, 4.69) is 0 Å². The van der Waals surface area contributed by atoms with E-state index < -0.39 is 5.78 Å². The van der Waals surface area contributed by atoms with Crippen LogP contribution in [0.5, 0.6) is 0 Å². The molecule has 0 radical (unpaired) electrons. The molecule has 4 heteroatoms. The molecule has 1 rings (SSSR count). The lowest BCUT2D eigenvalue weighted by molar-refractivity contribution is -0.113. The van der Waals surface area contributed by atoms with Crippen LogP contribution in [0.2, 0.25) is 5.02 Å². The lowest BCUT2D eigenvalue weighted by Gasteiger charge is -2.06. The monoisotopic (exact) mass is 235 g/mol. The molecule has 1 aromatic carbocycles. The third kappa shape index (κ3) is 2.41. The molecular weight excluding hydrogens is 226 g/mol. The number of halogens is 1. The Hall–Kier alpha value is -1.79. The molecule has 0 aliphatic heterocycles. The van der Waals surface area contributed by atoms with Gasteiger partial charge >= 0.3 is 0 Å². The minimum atomic E-state index is -0.473. The molecule has 0 fully saturated rings. The van der Waals surface area contributed by atoms with Crippen molar-refractivity contribution in [2.75, 3.05) is 0 Å². The van der Waals surface area contributed by atoms with Gasteiger partial charge in [-0.15, -0.1) is 0 Å². The van der Waals surface area contributed by atoms with Crippen molar-refractivity contribution in [3.05, 3.63) is 39.9 Å². The van der Waals surface area contributed by atoms with Crippen LogP contribution in [0.1, 0.15) is 18.1 Å². The van der Waals surface area contributed by atoms with E-state index in [9.17, 15) is 9.90 Å². The molecule has 1 aromatic rings. The minimum Gasteiger partial charge on any atom is -0.506 e. The summed E-state index contributed by atoms with van der Waals surface area (Å²) in [5, 5.41) is 19.0. The lowest BCUT2D eigenvalue weighted by Crippen LogP contribution is -2.00. The molecule has 16 heavy (non-hydrogen) atoms. The maximum Gasteiger partial charge on any atom is 0.174 e. The first-order valence-electron chi connectivity index (χ1n) is 4.58. The fourth-order valence-electron chi connectivity index (χ4n) is 1.28. The highest BCUT2D eigenvalue weighted by molar-refractivity contribution is 6.30. The van der Waals surface area contributed by atoms with Crippen LogP contribution >= 0.6 is 11.6 Å². The van der Waals surface area contributed by atoms with Gasteiger partial charge in [0.1, 0.15) is 17.4 Å². The second-order valence-electron chi connectivity index (χ2n) is 3.35. The van der Waals surface area contributed by atoms with Gasteiger partial charge in [-0.05, 0) is 24.6 Å². The Labute approximate surface area is 98.6 Å². The zero-order chi connectivity index (χ0) is 12.3. The number of benzene rings is 1. The van der Waals surface area contributed by atoms with Gasteiger partial charge in [0.2, 0.25) is 0 Å². The zero-order valence-electron chi connectivity index (χ0n) is 8.91. The van der Waals surface area contributed by atoms with Gasteiger partial charge in [-0.3, -0.25) is 4.79 Å². The number of Topliss-reactive ketones (excluding diaryl/α,β-unsaturated/α-hetero) is 1. The van der Waals surface area contributed by atoms with Crippen molar-refractivity contribution in [1.29, 1.82) is 5.26 Å². The van der Waals surface area contributed by atoms with Gasteiger partial charge in [-0.1, -0.05) is 17.7 Å². The Morgan fingerprint density at radius 1 is 1.50 bits per heavy atom. The van der Waals surface area contributed by atoms with E-state index in [0.717, 1.165) is 5.56 Å². The van der Waals surface area contributed by atoms with E-state index in [4.69, 9.17) is 16.9 Å². The van der Waals surface area contributed by atoms with E-state index in [1.54, 1.807) is 25.1 Å².